The van der Waals surface area contributed by atoms with Crippen LogP contribution in [0.2, 0.25) is 0 Å². The number of esters is 1. The Kier molecular flexibility index (Phi) is 3.40. The third kappa shape index (κ3) is 2.08. The van der Waals surface area contributed by atoms with Gasteiger partial charge in [0.05, 0.1) is 0 Å². The first-order chi connectivity index (χ1) is 11.5. The molecule has 3 fully saturated rings. The van der Waals surface area contributed by atoms with Crippen LogP contribution in [0, 0.1) is 41.4 Å². The van der Waals surface area contributed by atoms with Crippen molar-refractivity contribution in [1.29, 1.82) is 0 Å². The van der Waals surface area contributed by atoms with Crippen LogP contribution in [0.3, 0.4) is 0 Å². The first-order valence-corrected chi connectivity index (χ1v) is 8.48. The fourth-order valence-electron chi connectivity index (χ4n) is 6.48. The molecule has 4 aliphatic carbocycles. The van der Waals surface area contributed by atoms with Gasteiger partial charge in [0.1, 0.15) is 0 Å². The van der Waals surface area contributed by atoms with Gasteiger partial charge in [0.15, 0.2) is 0 Å². The molecule has 8 heteroatoms. The van der Waals surface area contributed by atoms with Crippen molar-refractivity contribution >= 4 is 5.97 Å². The summed E-state index contributed by atoms with van der Waals surface area (Å²) in [5.74, 6) is -3.80. The van der Waals surface area contributed by atoms with Gasteiger partial charge < -0.3 is 4.74 Å². The quantitative estimate of drug-likeness (QED) is 0.310. The molecule has 0 radical (unpaired) electrons. The molecule has 25 heavy (non-hydrogen) atoms. The molecular weight excluding hydrogens is 350 g/mol. The first-order valence-electron chi connectivity index (χ1n) is 8.48. The van der Waals surface area contributed by atoms with Crippen LogP contribution in [-0.2, 0) is 9.53 Å². The molecule has 0 heterocycles. The number of alkyl halides is 6. The summed E-state index contributed by atoms with van der Waals surface area (Å²) in [6.45, 7) is 0.600. The maximum atomic E-state index is 13.7. The van der Waals surface area contributed by atoms with E-state index in [1.54, 1.807) is 0 Å². The Morgan fingerprint density at radius 2 is 1.48 bits per heavy atom. The molecule has 0 aromatic heterocycles. The SMILES string of the molecule is CC(=O)OC(C1CC2CC1C1C3C=CC(C3)C21)(C(F)(F)F)C(F)(F)F. The summed E-state index contributed by atoms with van der Waals surface area (Å²) in [5, 5.41) is 0. The van der Waals surface area contributed by atoms with Crippen LogP contribution in [0.1, 0.15) is 26.2 Å². The Morgan fingerprint density at radius 3 is 2.00 bits per heavy atom. The molecule has 4 aliphatic rings. The van der Waals surface area contributed by atoms with E-state index in [9.17, 15) is 31.1 Å². The first kappa shape index (κ1) is 17.2. The van der Waals surface area contributed by atoms with E-state index < -0.39 is 35.8 Å². The Labute approximate surface area is 140 Å². The molecule has 4 bridgehead atoms. The average Bonchev–Trinajstić information content (AvgIpc) is 3.18. The molecule has 0 saturated heterocycles. The van der Waals surface area contributed by atoms with Gasteiger partial charge in [-0.2, -0.15) is 26.3 Å². The van der Waals surface area contributed by atoms with Gasteiger partial charge in [-0.1, -0.05) is 12.2 Å². The molecular formula is C17H18F6O2. The van der Waals surface area contributed by atoms with Crippen molar-refractivity contribution in [3.63, 3.8) is 0 Å². The van der Waals surface area contributed by atoms with E-state index in [4.69, 9.17) is 0 Å². The van der Waals surface area contributed by atoms with Gasteiger partial charge >= 0.3 is 23.9 Å². The Hall–Kier alpha value is -1.21. The van der Waals surface area contributed by atoms with E-state index in [1.165, 1.54) is 0 Å². The van der Waals surface area contributed by atoms with Crippen LogP contribution in [-0.4, -0.2) is 23.9 Å². The molecule has 0 aromatic carbocycles. The Balaban J connectivity index is 1.77. The second-order valence-corrected chi connectivity index (χ2v) is 7.93. The number of ether oxygens (including phenoxy) is 1. The molecule has 7 unspecified atom stereocenters. The highest BCUT2D eigenvalue weighted by Crippen LogP contribution is 2.71. The second-order valence-electron chi connectivity index (χ2n) is 7.93. The molecule has 0 aliphatic heterocycles. The molecule has 0 N–H and O–H groups in total. The third-order valence-corrected chi connectivity index (χ3v) is 6.94. The number of hydrogen-bond acceptors (Lipinski definition) is 2. The zero-order valence-corrected chi connectivity index (χ0v) is 13.4. The summed E-state index contributed by atoms with van der Waals surface area (Å²) in [6.07, 6.45) is -6.39. The molecule has 2 nitrogen and oxygen atoms in total. The van der Waals surface area contributed by atoms with Crippen LogP contribution < -0.4 is 0 Å². The predicted molar refractivity (Wildman–Crippen MR) is 74.0 cm³/mol. The molecule has 140 valence electrons. The number of carbonyl (C=O) groups excluding carboxylic acids is 1. The predicted octanol–water partition coefficient (Wildman–Crippen LogP) is 4.51. The zero-order chi connectivity index (χ0) is 18.4. The maximum Gasteiger partial charge on any atom is 0.437 e. The van der Waals surface area contributed by atoms with Crippen LogP contribution in [0.15, 0.2) is 12.2 Å². The third-order valence-electron chi connectivity index (χ3n) is 6.94. The number of rotatable bonds is 2. The Morgan fingerprint density at radius 1 is 0.920 bits per heavy atom. The zero-order valence-electron chi connectivity index (χ0n) is 13.4. The largest absolute Gasteiger partial charge is 0.439 e. The van der Waals surface area contributed by atoms with Crippen molar-refractivity contribution in [3.8, 4) is 0 Å². The van der Waals surface area contributed by atoms with Crippen molar-refractivity contribution in [3.05, 3.63) is 12.2 Å². The van der Waals surface area contributed by atoms with E-state index in [-0.39, 0.29) is 36.0 Å². The van der Waals surface area contributed by atoms with Crippen molar-refractivity contribution in [1.82, 2.24) is 0 Å². The number of allylic oxidation sites excluding steroid dienone is 2. The summed E-state index contributed by atoms with van der Waals surface area (Å²) in [5.41, 5.74) is -4.40. The normalized spacial score (nSPS) is 42.1. The summed E-state index contributed by atoms with van der Waals surface area (Å²) in [4.78, 5) is 11.2. The second kappa shape index (κ2) is 4.94. The van der Waals surface area contributed by atoms with Crippen molar-refractivity contribution in [2.75, 3.05) is 0 Å². The minimum absolute atomic E-state index is 0.0595. The van der Waals surface area contributed by atoms with Gasteiger partial charge in [-0.3, -0.25) is 4.79 Å². The minimum atomic E-state index is -5.70. The highest BCUT2D eigenvalue weighted by molar-refractivity contribution is 5.67. The fourth-order valence-corrected chi connectivity index (χ4v) is 6.48. The van der Waals surface area contributed by atoms with Gasteiger partial charge in [-0.25, -0.2) is 0 Å². The van der Waals surface area contributed by atoms with E-state index >= 15 is 0 Å². The van der Waals surface area contributed by atoms with E-state index in [2.05, 4.69) is 10.8 Å². The molecule has 0 spiro atoms. The lowest BCUT2D eigenvalue weighted by Gasteiger charge is -2.47. The molecule has 0 amide bonds. The lowest BCUT2D eigenvalue weighted by Crippen LogP contribution is -2.65. The molecule has 3 saturated carbocycles. The topological polar surface area (TPSA) is 26.3 Å². The number of carbonyl (C=O) groups is 1. The van der Waals surface area contributed by atoms with Gasteiger partial charge in [0, 0.05) is 12.8 Å². The summed E-state index contributed by atoms with van der Waals surface area (Å²) < 4.78 is 86.5. The van der Waals surface area contributed by atoms with Gasteiger partial charge in [0.2, 0.25) is 0 Å². The lowest BCUT2D eigenvalue weighted by atomic mass is 9.64. The van der Waals surface area contributed by atoms with E-state index in [1.807, 2.05) is 6.08 Å². The van der Waals surface area contributed by atoms with Crippen LogP contribution >= 0.6 is 0 Å². The monoisotopic (exact) mass is 368 g/mol. The van der Waals surface area contributed by atoms with E-state index in [0.29, 0.717) is 13.3 Å². The number of halogens is 6. The molecule has 7 atom stereocenters. The molecule has 0 aromatic rings. The van der Waals surface area contributed by atoms with Crippen LogP contribution in [0.25, 0.3) is 0 Å². The fraction of sp³-hybridized carbons (Fsp3) is 0.824. The van der Waals surface area contributed by atoms with Crippen molar-refractivity contribution in [2.45, 2.75) is 44.1 Å². The maximum absolute atomic E-state index is 13.7. The summed E-state index contributed by atoms with van der Waals surface area (Å²) in [6, 6.07) is 0. The van der Waals surface area contributed by atoms with Gasteiger partial charge in [-0.15, -0.1) is 0 Å². The van der Waals surface area contributed by atoms with E-state index in [0.717, 1.165) is 6.42 Å². The average molecular weight is 368 g/mol. The summed E-state index contributed by atoms with van der Waals surface area (Å²) >= 11 is 0. The number of hydrogen-bond donors (Lipinski definition) is 0. The van der Waals surface area contributed by atoms with Gasteiger partial charge in [0.25, 0.3) is 0 Å². The van der Waals surface area contributed by atoms with Crippen molar-refractivity contribution < 1.29 is 35.9 Å². The Bertz CT molecular complexity index is 608. The molecule has 4 rings (SSSR count). The smallest absolute Gasteiger partial charge is 0.437 e. The standard InChI is InChI=1S/C17H18F6O2/c1-7(24)25-15(16(18,19)20,17(21,22)23)12-6-10-5-11(12)14-9-3-2-8(4-9)13(10)14/h2-3,8-14H,4-6H2,1H3. The summed E-state index contributed by atoms with van der Waals surface area (Å²) in [7, 11) is 0. The highest BCUT2D eigenvalue weighted by Gasteiger charge is 2.81. The van der Waals surface area contributed by atoms with Gasteiger partial charge in [-0.05, 0) is 54.8 Å². The highest BCUT2D eigenvalue weighted by atomic mass is 19.4. The minimum Gasteiger partial charge on any atom is -0.439 e. The van der Waals surface area contributed by atoms with Crippen molar-refractivity contribution in [2.24, 2.45) is 41.4 Å². The lowest BCUT2D eigenvalue weighted by molar-refractivity contribution is -0.391. The number of fused-ring (bicyclic) bond motifs is 9. The van der Waals surface area contributed by atoms with Crippen LogP contribution in [0.4, 0.5) is 26.3 Å². The van der Waals surface area contributed by atoms with Crippen LogP contribution in [0.5, 0.6) is 0 Å².